The zero-order chi connectivity index (χ0) is 12.8. The van der Waals surface area contributed by atoms with Gasteiger partial charge in [-0.05, 0) is 41.8 Å². The van der Waals surface area contributed by atoms with Gasteiger partial charge < -0.3 is 10.4 Å². The van der Waals surface area contributed by atoms with Crippen molar-refractivity contribution in [3.63, 3.8) is 0 Å². The lowest BCUT2D eigenvalue weighted by atomic mass is 10.1. The van der Waals surface area contributed by atoms with Gasteiger partial charge in [-0.2, -0.15) is 0 Å². The smallest absolute Gasteiger partial charge is 0.0471 e. The van der Waals surface area contributed by atoms with Crippen LogP contribution in [0.1, 0.15) is 11.1 Å². The molecule has 2 N–H and O–H groups in total. The fraction of sp³-hybridized carbons (Fsp3) is 0.200. The van der Waals surface area contributed by atoms with Gasteiger partial charge in [0.05, 0.1) is 0 Å². The maximum absolute atomic E-state index is 8.84. The Morgan fingerprint density at radius 3 is 2.11 bits per heavy atom. The Balaban J connectivity index is 1.91. The molecule has 0 amide bonds. The number of aliphatic hydroxyl groups is 1. The summed E-state index contributed by atoms with van der Waals surface area (Å²) in [5, 5.41) is 12.9. The van der Waals surface area contributed by atoms with E-state index in [1.54, 1.807) is 0 Å². The molecule has 2 aromatic rings. The Kier molecular flexibility index (Phi) is 4.62. The average molecular weight is 262 g/mol. The lowest BCUT2D eigenvalue weighted by Crippen LogP contribution is -1.99. The van der Waals surface area contributed by atoms with E-state index in [1.807, 2.05) is 48.5 Å². The van der Waals surface area contributed by atoms with Crippen LogP contribution in [0.2, 0.25) is 5.02 Å². The number of halogens is 1. The van der Waals surface area contributed by atoms with Gasteiger partial charge in [0.2, 0.25) is 0 Å². The highest BCUT2D eigenvalue weighted by Gasteiger charge is 1.96. The number of anilines is 1. The second-order valence-electron chi connectivity index (χ2n) is 4.15. The van der Waals surface area contributed by atoms with Crippen molar-refractivity contribution in [3.05, 3.63) is 64.7 Å². The molecule has 3 heteroatoms. The van der Waals surface area contributed by atoms with Gasteiger partial charge in [-0.25, -0.2) is 0 Å². The summed E-state index contributed by atoms with van der Waals surface area (Å²) in [5.41, 5.74) is 3.42. The number of benzene rings is 2. The second-order valence-corrected chi connectivity index (χ2v) is 4.59. The third kappa shape index (κ3) is 3.76. The number of hydrogen-bond acceptors (Lipinski definition) is 2. The lowest BCUT2D eigenvalue weighted by molar-refractivity contribution is 0.299. The third-order valence-corrected chi connectivity index (χ3v) is 3.02. The maximum atomic E-state index is 8.84. The van der Waals surface area contributed by atoms with Crippen LogP contribution >= 0.6 is 11.6 Å². The Hall–Kier alpha value is -1.51. The minimum absolute atomic E-state index is 0.192. The molecule has 0 heterocycles. The fourth-order valence-corrected chi connectivity index (χ4v) is 1.85. The van der Waals surface area contributed by atoms with Gasteiger partial charge in [-0.15, -0.1) is 0 Å². The fourth-order valence-electron chi connectivity index (χ4n) is 1.72. The molecule has 0 radical (unpaired) electrons. The molecular weight excluding hydrogens is 246 g/mol. The standard InChI is InChI=1S/C15H16ClNO/c16-14-5-1-13(2-6-14)11-17-15-7-3-12(4-8-15)9-10-18/h1-8,17-18H,9-11H2. The summed E-state index contributed by atoms with van der Waals surface area (Å²) in [6.07, 6.45) is 0.706. The molecule has 94 valence electrons. The van der Waals surface area contributed by atoms with Crippen molar-refractivity contribution in [2.45, 2.75) is 13.0 Å². The average Bonchev–Trinajstić information content (AvgIpc) is 2.40. The summed E-state index contributed by atoms with van der Waals surface area (Å²) in [5.74, 6) is 0. The van der Waals surface area contributed by atoms with E-state index in [2.05, 4.69) is 5.32 Å². The first-order valence-electron chi connectivity index (χ1n) is 5.96. The van der Waals surface area contributed by atoms with Gasteiger partial charge in [-0.3, -0.25) is 0 Å². The molecule has 2 rings (SSSR count). The van der Waals surface area contributed by atoms with Crippen LogP contribution in [0.3, 0.4) is 0 Å². The van der Waals surface area contributed by atoms with Crippen molar-refractivity contribution in [2.24, 2.45) is 0 Å². The number of rotatable bonds is 5. The Labute approximate surface area is 112 Å². The SMILES string of the molecule is OCCc1ccc(NCc2ccc(Cl)cc2)cc1. The Morgan fingerprint density at radius 1 is 0.889 bits per heavy atom. The molecule has 0 aliphatic rings. The lowest BCUT2D eigenvalue weighted by Gasteiger charge is -2.07. The van der Waals surface area contributed by atoms with Crippen molar-refractivity contribution in [3.8, 4) is 0 Å². The van der Waals surface area contributed by atoms with Gasteiger partial charge in [0.15, 0.2) is 0 Å². The quantitative estimate of drug-likeness (QED) is 0.864. The minimum atomic E-state index is 0.192. The molecule has 0 atom stereocenters. The van der Waals surface area contributed by atoms with E-state index in [0.29, 0.717) is 6.42 Å². The normalized spacial score (nSPS) is 10.3. The predicted molar refractivity (Wildman–Crippen MR) is 76.0 cm³/mol. The molecule has 2 nitrogen and oxygen atoms in total. The van der Waals surface area contributed by atoms with E-state index in [9.17, 15) is 0 Å². The monoisotopic (exact) mass is 261 g/mol. The first kappa shape index (κ1) is 12.9. The molecular formula is C15H16ClNO. The van der Waals surface area contributed by atoms with Crippen LogP contribution in [-0.2, 0) is 13.0 Å². The predicted octanol–water partition coefficient (Wildman–Crippen LogP) is 3.49. The Morgan fingerprint density at radius 2 is 1.50 bits per heavy atom. The van der Waals surface area contributed by atoms with Crippen LogP contribution in [0, 0.1) is 0 Å². The van der Waals surface area contributed by atoms with Crippen molar-refractivity contribution in [1.82, 2.24) is 0 Å². The summed E-state index contributed by atoms with van der Waals surface area (Å²) >= 11 is 5.84. The maximum Gasteiger partial charge on any atom is 0.0471 e. The Bertz CT molecular complexity index is 479. The summed E-state index contributed by atoms with van der Waals surface area (Å²) in [7, 11) is 0. The molecule has 0 aliphatic heterocycles. The highest BCUT2D eigenvalue weighted by Crippen LogP contribution is 2.13. The van der Waals surface area contributed by atoms with Crippen molar-refractivity contribution in [2.75, 3.05) is 11.9 Å². The molecule has 0 bridgehead atoms. The van der Waals surface area contributed by atoms with Gasteiger partial charge in [0, 0.05) is 23.9 Å². The minimum Gasteiger partial charge on any atom is -0.396 e. The van der Waals surface area contributed by atoms with Crippen LogP contribution in [0.15, 0.2) is 48.5 Å². The van der Waals surface area contributed by atoms with E-state index in [1.165, 1.54) is 5.56 Å². The van der Waals surface area contributed by atoms with E-state index in [0.717, 1.165) is 22.8 Å². The van der Waals surface area contributed by atoms with Crippen LogP contribution in [0.25, 0.3) is 0 Å². The first-order valence-corrected chi connectivity index (χ1v) is 6.34. The molecule has 0 aromatic heterocycles. The highest BCUT2D eigenvalue weighted by atomic mass is 35.5. The van der Waals surface area contributed by atoms with Gasteiger partial charge in [0.25, 0.3) is 0 Å². The molecule has 0 saturated heterocycles. The second kappa shape index (κ2) is 6.43. The highest BCUT2D eigenvalue weighted by molar-refractivity contribution is 6.30. The van der Waals surface area contributed by atoms with Crippen LogP contribution < -0.4 is 5.32 Å². The van der Waals surface area contributed by atoms with Crippen molar-refractivity contribution >= 4 is 17.3 Å². The summed E-state index contributed by atoms with van der Waals surface area (Å²) in [6, 6.07) is 15.9. The van der Waals surface area contributed by atoms with Crippen molar-refractivity contribution < 1.29 is 5.11 Å². The first-order chi connectivity index (χ1) is 8.78. The van der Waals surface area contributed by atoms with Gasteiger partial charge in [-0.1, -0.05) is 35.9 Å². The zero-order valence-electron chi connectivity index (χ0n) is 10.1. The number of aliphatic hydroxyl groups excluding tert-OH is 1. The van der Waals surface area contributed by atoms with Crippen LogP contribution in [0.5, 0.6) is 0 Å². The summed E-state index contributed by atoms with van der Waals surface area (Å²) in [4.78, 5) is 0. The largest absolute Gasteiger partial charge is 0.396 e. The topological polar surface area (TPSA) is 32.3 Å². The third-order valence-electron chi connectivity index (χ3n) is 2.76. The molecule has 0 spiro atoms. The number of nitrogens with one attached hydrogen (secondary N) is 1. The summed E-state index contributed by atoms with van der Waals surface area (Å²) in [6.45, 7) is 0.966. The van der Waals surface area contributed by atoms with Gasteiger partial charge >= 0.3 is 0 Å². The van der Waals surface area contributed by atoms with Gasteiger partial charge in [0.1, 0.15) is 0 Å². The van der Waals surface area contributed by atoms with E-state index < -0.39 is 0 Å². The van der Waals surface area contributed by atoms with Crippen LogP contribution in [-0.4, -0.2) is 11.7 Å². The molecule has 0 aliphatic carbocycles. The zero-order valence-corrected chi connectivity index (χ0v) is 10.8. The molecule has 0 fully saturated rings. The summed E-state index contributed by atoms with van der Waals surface area (Å²) < 4.78 is 0. The van der Waals surface area contributed by atoms with E-state index in [-0.39, 0.29) is 6.61 Å². The molecule has 2 aromatic carbocycles. The number of hydrogen-bond donors (Lipinski definition) is 2. The van der Waals surface area contributed by atoms with Crippen molar-refractivity contribution in [1.29, 1.82) is 0 Å². The molecule has 0 saturated carbocycles. The van der Waals surface area contributed by atoms with Crippen LogP contribution in [0.4, 0.5) is 5.69 Å². The molecule has 0 unspecified atom stereocenters. The van der Waals surface area contributed by atoms with E-state index >= 15 is 0 Å². The van der Waals surface area contributed by atoms with E-state index in [4.69, 9.17) is 16.7 Å². The molecule has 18 heavy (non-hydrogen) atoms.